The van der Waals surface area contributed by atoms with Gasteiger partial charge in [0.25, 0.3) is 0 Å². The topological polar surface area (TPSA) is 3.24 Å². The first-order chi connectivity index (χ1) is 30.6. The van der Waals surface area contributed by atoms with E-state index in [1.54, 1.807) is 0 Å². The average Bonchev–Trinajstić information content (AvgIpc) is 3.74. The van der Waals surface area contributed by atoms with Crippen LogP contribution in [0.4, 0.5) is 17.1 Å². The minimum absolute atomic E-state index is 1.11. The van der Waals surface area contributed by atoms with Crippen molar-refractivity contribution >= 4 is 50.8 Å². The lowest BCUT2D eigenvalue weighted by Crippen LogP contribution is -2.10. The molecule has 0 saturated carbocycles. The molecule has 0 saturated heterocycles. The molecule has 0 unspecified atom stereocenters. The molecular formula is C60H45NS. The first-order valence-electron chi connectivity index (χ1n) is 21.3. The first kappa shape index (κ1) is 38.7. The number of nitrogens with zero attached hydrogens (tertiary/aromatic N) is 1. The molecule has 0 bridgehead atoms. The molecule has 10 rings (SSSR count). The van der Waals surface area contributed by atoms with E-state index in [0.717, 1.165) is 17.1 Å². The Hall–Kier alpha value is -7.52. The maximum Gasteiger partial charge on any atom is 0.0540 e. The normalized spacial score (nSPS) is 11.1. The Kier molecular flexibility index (Phi) is 10.7. The molecule has 0 aliphatic heterocycles. The van der Waals surface area contributed by atoms with Crippen molar-refractivity contribution in [2.45, 2.75) is 13.8 Å². The quantitative estimate of drug-likeness (QED) is 0.124. The van der Waals surface area contributed by atoms with Crippen molar-refractivity contribution in [2.24, 2.45) is 0 Å². The molecule has 0 aliphatic rings. The van der Waals surface area contributed by atoms with Crippen LogP contribution >= 0.6 is 11.3 Å². The van der Waals surface area contributed by atoms with Crippen LogP contribution in [-0.4, -0.2) is 0 Å². The molecule has 0 amide bonds. The summed E-state index contributed by atoms with van der Waals surface area (Å²) in [6.45, 7) is 4.40. The summed E-state index contributed by atoms with van der Waals surface area (Å²) < 4.78 is 0. The molecule has 0 aliphatic carbocycles. The number of anilines is 3. The standard InChI is InChI=1S/C60H45NS/c1-42-19-12-15-29-52(42)55(53-30-16-13-20-43(53)2)41-44-33-35-48(36-34-44)59-57(46-22-6-3-7-23-46)58(47-24-8-4-9-25-47)60(62-59)49-37-39-51(40-38-49)61(50-27-10-5-11-28-50)56-32-18-26-45-21-14-17-31-54(45)56/h3-41H,1-2H3. The molecule has 1 aromatic heterocycles. The maximum atomic E-state index is 2.37. The van der Waals surface area contributed by atoms with Gasteiger partial charge in [0.2, 0.25) is 0 Å². The molecule has 2 heteroatoms. The number of aryl methyl sites for hydroxylation is 2. The zero-order valence-corrected chi connectivity index (χ0v) is 35.7. The van der Waals surface area contributed by atoms with E-state index < -0.39 is 0 Å². The number of hydrogen-bond acceptors (Lipinski definition) is 2. The van der Waals surface area contributed by atoms with Gasteiger partial charge < -0.3 is 4.90 Å². The second-order valence-corrected chi connectivity index (χ2v) is 16.8. The largest absolute Gasteiger partial charge is 0.310 e. The second-order valence-electron chi connectivity index (χ2n) is 15.8. The van der Waals surface area contributed by atoms with Gasteiger partial charge in [0, 0.05) is 37.6 Å². The van der Waals surface area contributed by atoms with Gasteiger partial charge >= 0.3 is 0 Å². The van der Waals surface area contributed by atoms with E-state index in [-0.39, 0.29) is 0 Å². The average molecular weight is 812 g/mol. The Morgan fingerprint density at radius 2 is 0.839 bits per heavy atom. The number of rotatable bonds is 10. The molecule has 9 aromatic carbocycles. The van der Waals surface area contributed by atoms with Crippen LogP contribution in [0.2, 0.25) is 0 Å². The molecule has 296 valence electrons. The summed E-state index contributed by atoms with van der Waals surface area (Å²) in [5.74, 6) is 0. The van der Waals surface area contributed by atoms with Gasteiger partial charge in [-0.05, 0) is 111 Å². The van der Waals surface area contributed by atoms with E-state index in [4.69, 9.17) is 0 Å². The smallest absolute Gasteiger partial charge is 0.0540 e. The van der Waals surface area contributed by atoms with Gasteiger partial charge in [0.05, 0.1) is 5.69 Å². The fourth-order valence-electron chi connectivity index (χ4n) is 8.72. The van der Waals surface area contributed by atoms with Crippen LogP contribution in [-0.2, 0) is 0 Å². The van der Waals surface area contributed by atoms with Crippen molar-refractivity contribution in [1.29, 1.82) is 0 Å². The summed E-state index contributed by atoms with van der Waals surface area (Å²) in [4.78, 5) is 4.88. The predicted octanol–water partition coefficient (Wildman–Crippen LogP) is 17.2. The number of thiophene rings is 1. The fourth-order valence-corrected chi connectivity index (χ4v) is 10.1. The van der Waals surface area contributed by atoms with Crippen molar-refractivity contribution in [3.8, 4) is 43.1 Å². The number of para-hydroxylation sites is 1. The third-order valence-corrected chi connectivity index (χ3v) is 13.1. The number of hydrogen-bond donors (Lipinski definition) is 0. The maximum absolute atomic E-state index is 2.37. The minimum atomic E-state index is 1.11. The van der Waals surface area contributed by atoms with Crippen LogP contribution < -0.4 is 4.90 Å². The van der Waals surface area contributed by atoms with E-state index in [2.05, 4.69) is 255 Å². The minimum Gasteiger partial charge on any atom is -0.310 e. The molecular weight excluding hydrogens is 767 g/mol. The van der Waals surface area contributed by atoms with Crippen molar-refractivity contribution < 1.29 is 0 Å². The summed E-state index contributed by atoms with van der Waals surface area (Å²) in [6, 6.07) is 83.4. The van der Waals surface area contributed by atoms with Crippen molar-refractivity contribution in [1.82, 2.24) is 0 Å². The Balaban J connectivity index is 1.12. The second kappa shape index (κ2) is 17.2. The van der Waals surface area contributed by atoms with Crippen molar-refractivity contribution in [3.63, 3.8) is 0 Å². The SMILES string of the molecule is Cc1ccccc1C(=Cc1ccc(-c2sc(-c3ccc(N(c4ccccc4)c4cccc5ccccc45)cc3)c(-c3ccccc3)c2-c2ccccc2)cc1)c1ccccc1C. The fraction of sp³-hybridized carbons (Fsp3) is 0.0333. The lowest BCUT2D eigenvalue weighted by atomic mass is 9.89. The highest BCUT2D eigenvalue weighted by Gasteiger charge is 2.24. The summed E-state index contributed by atoms with van der Waals surface area (Å²) >= 11 is 1.88. The van der Waals surface area contributed by atoms with Gasteiger partial charge in [-0.25, -0.2) is 0 Å². The zero-order valence-electron chi connectivity index (χ0n) is 34.9. The van der Waals surface area contributed by atoms with Crippen LogP contribution in [0.15, 0.2) is 231 Å². The monoisotopic (exact) mass is 811 g/mol. The highest BCUT2D eigenvalue weighted by Crippen LogP contribution is 2.52. The van der Waals surface area contributed by atoms with Gasteiger partial charge in [-0.2, -0.15) is 0 Å². The molecule has 62 heavy (non-hydrogen) atoms. The lowest BCUT2D eigenvalue weighted by molar-refractivity contribution is 1.30. The summed E-state index contributed by atoms with van der Waals surface area (Å²) in [7, 11) is 0. The molecule has 0 spiro atoms. The molecule has 0 N–H and O–H groups in total. The van der Waals surface area contributed by atoms with Crippen molar-refractivity contribution in [2.75, 3.05) is 4.90 Å². The summed E-state index contributed by atoms with van der Waals surface area (Å²) in [5, 5.41) is 2.43. The Morgan fingerprint density at radius 3 is 1.40 bits per heavy atom. The molecule has 1 heterocycles. The molecule has 1 nitrogen and oxygen atoms in total. The number of fused-ring (bicyclic) bond motifs is 1. The van der Waals surface area contributed by atoms with E-state index in [1.165, 1.54) is 87.3 Å². The van der Waals surface area contributed by atoms with Gasteiger partial charge in [-0.1, -0.05) is 200 Å². The van der Waals surface area contributed by atoms with Crippen LogP contribution in [0.1, 0.15) is 27.8 Å². The van der Waals surface area contributed by atoms with Gasteiger partial charge in [-0.3, -0.25) is 0 Å². The predicted molar refractivity (Wildman–Crippen MR) is 268 cm³/mol. The van der Waals surface area contributed by atoms with Crippen LogP contribution in [0.5, 0.6) is 0 Å². The Labute approximate surface area is 369 Å². The molecule has 0 radical (unpaired) electrons. The van der Waals surface area contributed by atoms with Crippen molar-refractivity contribution in [3.05, 3.63) is 258 Å². The number of benzene rings is 9. The molecule has 10 aromatic rings. The highest BCUT2D eigenvalue weighted by molar-refractivity contribution is 7.20. The molecule has 0 fully saturated rings. The van der Waals surface area contributed by atoms with E-state index in [0.29, 0.717) is 0 Å². The third-order valence-electron chi connectivity index (χ3n) is 11.8. The summed E-state index contributed by atoms with van der Waals surface area (Å²) in [6.07, 6.45) is 2.35. The first-order valence-corrected chi connectivity index (χ1v) is 22.1. The Bertz CT molecular complexity index is 3110. The highest BCUT2D eigenvalue weighted by atomic mass is 32.1. The summed E-state index contributed by atoms with van der Waals surface area (Å²) in [5.41, 5.74) is 18.1. The van der Waals surface area contributed by atoms with Crippen LogP contribution in [0, 0.1) is 13.8 Å². The van der Waals surface area contributed by atoms with Gasteiger partial charge in [0.1, 0.15) is 0 Å². The lowest BCUT2D eigenvalue weighted by Gasteiger charge is -2.27. The zero-order chi connectivity index (χ0) is 41.8. The Morgan fingerprint density at radius 1 is 0.387 bits per heavy atom. The van der Waals surface area contributed by atoms with E-state index >= 15 is 0 Å². The van der Waals surface area contributed by atoms with Crippen LogP contribution in [0.25, 0.3) is 65.6 Å². The van der Waals surface area contributed by atoms with Crippen LogP contribution in [0.3, 0.4) is 0 Å². The van der Waals surface area contributed by atoms with Gasteiger partial charge in [0.15, 0.2) is 0 Å². The van der Waals surface area contributed by atoms with Gasteiger partial charge in [-0.15, -0.1) is 11.3 Å². The third kappa shape index (κ3) is 7.58. The van der Waals surface area contributed by atoms with E-state index in [9.17, 15) is 0 Å². The van der Waals surface area contributed by atoms with E-state index in [1.807, 2.05) is 11.3 Å². The molecule has 0 atom stereocenters.